The summed E-state index contributed by atoms with van der Waals surface area (Å²) in [5.74, 6) is 0. The van der Waals surface area contributed by atoms with E-state index >= 15 is 0 Å². The highest BCUT2D eigenvalue weighted by Crippen LogP contribution is 2.25. The van der Waals surface area contributed by atoms with E-state index in [9.17, 15) is 18.5 Å². The van der Waals surface area contributed by atoms with Crippen molar-refractivity contribution >= 4 is 27.3 Å². The summed E-state index contributed by atoms with van der Waals surface area (Å²) in [5.41, 5.74) is -0.374. The summed E-state index contributed by atoms with van der Waals surface area (Å²) in [6.45, 7) is 0. The molecule has 9 heteroatoms. The van der Waals surface area contributed by atoms with Crippen molar-refractivity contribution in [2.24, 2.45) is 0 Å². The first-order valence-corrected chi connectivity index (χ1v) is 5.73. The molecule has 0 saturated heterocycles. The van der Waals surface area contributed by atoms with Crippen molar-refractivity contribution in [2.45, 2.75) is 4.90 Å². The van der Waals surface area contributed by atoms with Gasteiger partial charge in [-0.2, -0.15) is 0 Å². The summed E-state index contributed by atoms with van der Waals surface area (Å²) >= 11 is 5.62. The van der Waals surface area contributed by atoms with Gasteiger partial charge in [0, 0.05) is 12.1 Å². The molecule has 7 nitrogen and oxygen atoms in total. The first kappa shape index (κ1) is 12.8. The molecule has 0 heterocycles. The van der Waals surface area contributed by atoms with E-state index < -0.39 is 19.8 Å². The number of nitrogens with zero attached hydrogens (tertiary/aromatic N) is 1. The Bertz CT molecular complexity index is 516. The molecule has 0 saturated carbocycles. The van der Waals surface area contributed by atoms with Crippen molar-refractivity contribution in [1.82, 2.24) is 4.89 Å². The molecule has 0 fully saturated rings. The molecule has 0 radical (unpaired) electrons. The highest BCUT2D eigenvalue weighted by Gasteiger charge is 2.21. The Balaban J connectivity index is 3.33. The van der Waals surface area contributed by atoms with Crippen LogP contribution in [0.2, 0.25) is 5.02 Å². The van der Waals surface area contributed by atoms with Gasteiger partial charge < -0.3 is 0 Å². The lowest BCUT2D eigenvalue weighted by Crippen LogP contribution is -2.22. The van der Waals surface area contributed by atoms with Crippen molar-refractivity contribution in [3.63, 3.8) is 0 Å². The minimum absolute atomic E-state index is 0.129. The van der Waals surface area contributed by atoms with Gasteiger partial charge in [0.2, 0.25) is 0 Å². The van der Waals surface area contributed by atoms with Crippen molar-refractivity contribution in [3.8, 4) is 0 Å². The molecule has 0 spiro atoms. The van der Waals surface area contributed by atoms with Crippen LogP contribution in [0.3, 0.4) is 0 Å². The van der Waals surface area contributed by atoms with Crippen LogP contribution in [0.5, 0.6) is 0 Å². The molecule has 0 aliphatic heterocycles. The second-order valence-electron chi connectivity index (χ2n) is 2.66. The fraction of sp³-hybridized carbons (Fsp3) is 0.143. The minimum atomic E-state index is -4.01. The molecule has 16 heavy (non-hydrogen) atoms. The summed E-state index contributed by atoms with van der Waals surface area (Å²) in [6.07, 6.45) is 0. The summed E-state index contributed by atoms with van der Waals surface area (Å²) < 4.78 is 23.0. The van der Waals surface area contributed by atoms with Gasteiger partial charge in [0.15, 0.2) is 0 Å². The number of non-ortho nitro benzene ring substituents is 1. The Kier molecular flexibility index (Phi) is 3.81. The lowest BCUT2D eigenvalue weighted by atomic mass is 10.3. The fourth-order valence-electron chi connectivity index (χ4n) is 0.966. The maximum atomic E-state index is 11.5. The molecule has 1 N–H and O–H groups in total. The Labute approximate surface area is 96.1 Å². The van der Waals surface area contributed by atoms with Crippen LogP contribution in [0.1, 0.15) is 0 Å². The zero-order valence-electron chi connectivity index (χ0n) is 8.01. The van der Waals surface area contributed by atoms with E-state index in [-0.39, 0.29) is 10.7 Å². The van der Waals surface area contributed by atoms with Crippen molar-refractivity contribution in [1.29, 1.82) is 0 Å². The molecule has 1 aromatic carbocycles. The van der Waals surface area contributed by atoms with Crippen LogP contribution in [0.25, 0.3) is 0 Å². The second-order valence-corrected chi connectivity index (χ2v) is 4.68. The van der Waals surface area contributed by atoms with Gasteiger partial charge in [-0.1, -0.05) is 16.5 Å². The van der Waals surface area contributed by atoms with Crippen LogP contribution in [-0.4, -0.2) is 20.5 Å². The number of rotatable bonds is 4. The standard InChI is InChI=1S/C7H7ClN2O5S/c1-15-9-16(13,14)7-4-5(10(11)12)2-3-6(7)8/h2-4,9H,1H3. The summed E-state index contributed by atoms with van der Waals surface area (Å²) in [7, 11) is -2.91. The number of nitro benzene ring substituents is 1. The Morgan fingerprint density at radius 1 is 1.50 bits per heavy atom. The molecule has 0 aliphatic carbocycles. The molecular formula is C7H7ClN2O5S. The Hall–Kier alpha value is -1.22. The summed E-state index contributed by atoms with van der Waals surface area (Å²) in [5, 5.41) is 10.3. The normalized spacial score (nSPS) is 11.4. The largest absolute Gasteiger partial charge is 0.290 e. The van der Waals surface area contributed by atoms with Crippen molar-refractivity contribution in [2.75, 3.05) is 7.11 Å². The van der Waals surface area contributed by atoms with Gasteiger partial charge in [-0.25, -0.2) is 8.42 Å². The van der Waals surface area contributed by atoms with Gasteiger partial charge in [0.1, 0.15) is 4.90 Å². The average Bonchev–Trinajstić information content (AvgIpc) is 2.17. The molecule has 1 rings (SSSR count). The molecule has 0 aliphatic rings. The van der Waals surface area contributed by atoms with E-state index in [0.717, 1.165) is 25.3 Å². The first-order valence-electron chi connectivity index (χ1n) is 3.87. The van der Waals surface area contributed by atoms with Gasteiger partial charge in [-0.15, -0.1) is 0 Å². The van der Waals surface area contributed by atoms with Gasteiger partial charge in [0.25, 0.3) is 15.7 Å². The zero-order chi connectivity index (χ0) is 12.3. The van der Waals surface area contributed by atoms with Gasteiger partial charge in [-0.05, 0) is 6.07 Å². The number of hydrogen-bond donors (Lipinski definition) is 1. The fourth-order valence-corrected chi connectivity index (χ4v) is 2.30. The predicted molar refractivity (Wildman–Crippen MR) is 55.4 cm³/mol. The predicted octanol–water partition coefficient (Wildman–Crippen LogP) is 1.09. The lowest BCUT2D eigenvalue weighted by molar-refractivity contribution is -0.385. The van der Waals surface area contributed by atoms with E-state index in [2.05, 4.69) is 4.84 Å². The van der Waals surface area contributed by atoms with Crippen LogP contribution < -0.4 is 4.89 Å². The molecule has 0 unspecified atom stereocenters. The van der Waals surface area contributed by atoms with E-state index in [1.165, 1.54) is 0 Å². The maximum absolute atomic E-state index is 11.5. The van der Waals surface area contributed by atoms with Crippen molar-refractivity contribution < 1.29 is 18.2 Å². The minimum Gasteiger partial charge on any atom is -0.290 e. The second kappa shape index (κ2) is 4.74. The number of nitrogens with one attached hydrogen (secondary N) is 1. The third-order valence-corrected chi connectivity index (χ3v) is 3.35. The van der Waals surface area contributed by atoms with Gasteiger partial charge in [0.05, 0.1) is 17.1 Å². The van der Waals surface area contributed by atoms with Crippen LogP contribution in [0.4, 0.5) is 5.69 Å². The maximum Gasteiger partial charge on any atom is 0.270 e. The molecule has 88 valence electrons. The zero-order valence-corrected chi connectivity index (χ0v) is 9.58. The molecule has 0 amide bonds. The first-order chi connectivity index (χ1) is 7.38. The Morgan fingerprint density at radius 2 is 2.12 bits per heavy atom. The van der Waals surface area contributed by atoms with Crippen LogP contribution in [-0.2, 0) is 14.9 Å². The monoisotopic (exact) mass is 266 g/mol. The third-order valence-electron chi connectivity index (χ3n) is 1.61. The molecule has 1 aromatic rings. The number of benzene rings is 1. The smallest absolute Gasteiger partial charge is 0.270 e. The molecule has 0 bridgehead atoms. The average molecular weight is 267 g/mol. The quantitative estimate of drug-likeness (QED) is 0.650. The summed E-state index contributed by atoms with van der Waals surface area (Å²) in [6, 6.07) is 3.09. The van der Waals surface area contributed by atoms with E-state index in [1.807, 2.05) is 0 Å². The number of hydrogen-bond acceptors (Lipinski definition) is 5. The highest BCUT2D eigenvalue weighted by atomic mass is 35.5. The van der Waals surface area contributed by atoms with E-state index in [4.69, 9.17) is 11.6 Å². The van der Waals surface area contributed by atoms with Gasteiger partial charge >= 0.3 is 0 Å². The van der Waals surface area contributed by atoms with Crippen LogP contribution in [0, 0.1) is 10.1 Å². The third kappa shape index (κ3) is 2.67. The highest BCUT2D eigenvalue weighted by molar-refractivity contribution is 7.89. The topological polar surface area (TPSA) is 98.5 Å². The van der Waals surface area contributed by atoms with Crippen LogP contribution >= 0.6 is 11.6 Å². The number of sulfonamides is 1. The molecule has 0 atom stereocenters. The van der Waals surface area contributed by atoms with E-state index in [0.29, 0.717) is 0 Å². The molecular weight excluding hydrogens is 260 g/mol. The molecule has 0 aromatic heterocycles. The lowest BCUT2D eigenvalue weighted by Gasteiger charge is -2.05. The Morgan fingerprint density at radius 3 is 2.62 bits per heavy atom. The van der Waals surface area contributed by atoms with Crippen molar-refractivity contribution in [3.05, 3.63) is 33.3 Å². The van der Waals surface area contributed by atoms with Gasteiger partial charge in [-0.3, -0.25) is 15.0 Å². The van der Waals surface area contributed by atoms with E-state index in [1.54, 1.807) is 4.89 Å². The summed E-state index contributed by atoms with van der Waals surface area (Å²) in [4.78, 5) is 15.3. The number of halogens is 1. The van der Waals surface area contributed by atoms with Crippen LogP contribution in [0.15, 0.2) is 23.1 Å². The number of nitro groups is 1. The SMILES string of the molecule is CONS(=O)(=O)c1cc([N+](=O)[O-])ccc1Cl.